The van der Waals surface area contributed by atoms with E-state index in [4.69, 9.17) is 11.5 Å². The predicted octanol–water partition coefficient (Wildman–Crippen LogP) is 2.86. The summed E-state index contributed by atoms with van der Waals surface area (Å²) in [4.78, 5) is 10.6. The predicted molar refractivity (Wildman–Crippen MR) is 83.5 cm³/mol. The molecule has 0 spiro atoms. The van der Waals surface area contributed by atoms with E-state index in [0.29, 0.717) is 12.1 Å². The number of amides is 1. The van der Waals surface area contributed by atoms with Gasteiger partial charge in [0.15, 0.2) is 0 Å². The molecule has 0 heterocycles. The van der Waals surface area contributed by atoms with E-state index < -0.39 is 0 Å². The van der Waals surface area contributed by atoms with Crippen molar-refractivity contribution in [2.45, 2.75) is 27.3 Å². The first kappa shape index (κ1) is 15.9. The van der Waals surface area contributed by atoms with Gasteiger partial charge in [-0.05, 0) is 43.5 Å². The summed E-state index contributed by atoms with van der Waals surface area (Å²) in [5.74, 6) is -0.363. The Hall–Kier alpha value is -2.13. The first-order chi connectivity index (χ1) is 9.45. The van der Waals surface area contributed by atoms with Crippen LogP contribution in [-0.4, -0.2) is 5.91 Å². The van der Waals surface area contributed by atoms with Crippen LogP contribution in [0.3, 0.4) is 0 Å². The summed E-state index contributed by atoms with van der Waals surface area (Å²) in [6.07, 6.45) is 0. The Morgan fingerprint density at radius 2 is 1.65 bits per heavy atom. The number of rotatable bonds is 2. The number of carbonyl (C=O) groups excluding carboxylic acids is 1. The van der Waals surface area contributed by atoms with E-state index in [1.807, 2.05) is 19.1 Å². The first-order valence-corrected chi connectivity index (χ1v) is 6.57. The van der Waals surface area contributed by atoms with Crippen LogP contribution in [0.2, 0.25) is 0 Å². The van der Waals surface area contributed by atoms with Crippen LogP contribution < -0.4 is 11.5 Å². The molecule has 2 aromatic carbocycles. The zero-order valence-electron chi connectivity index (χ0n) is 12.3. The fourth-order valence-corrected chi connectivity index (χ4v) is 1.87. The van der Waals surface area contributed by atoms with Crippen LogP contribution in [0, 0.1) is 20.8 Å². The smallest absolute Gasteiger partial charge is 0.248 e. The van der Waals surface area contributed by atoms with Gasteiger partial charge in [0.05, 0.1) is 0 Å². The van der Waals surface area contributed by atoms with Crippen molar-refractivity contribution in [3.05, 3.63) is 70.3 Å². The summed E-state index contributed by atoms with van der Waals surface area (Å²) < 4.78 is 0. The lowest BCUT2D eigenvalue weighted by molar-refractivity contribution is 0.0999. The molecule has 20 heavy (non-hydrogen) atoms. The van der Waals surface area contributed by atoms with E-state index in [0.717, 1.165) is 5.56 Å². The van der Waals surface area contributed by atoms with Crippen molar-refractivity contribution in [2.24, 2.45) is 11.5 Å². The molecular weight excluding hydrogens is 248 g/mol. The molecule has 0 fully saturated rings. The first-order valence-electron chi connectivity index (χ1n) is 6.57. The molecule has 2 rings (SSSR count). The molecule has 0 radical (unpaired) electrons. The lowest BCUT2D eigenvalue weighted by atomic mass is 10.1. The van der Waals surface area contributed by atoms with E-state index in [-0.39, 0.29) is 5.91 Å². The van der Waals surface area contributed by atoms with Gasteiger partial charge in [-0.1, -0.05) is 42.0 Å². The largest absolute Gasteiger partial charge is 0.366 e. The molecule has 0 aromatic heterocycles. The summed E-state index contributed by atoms with van der Waals surface area (Å²) >= 11 is 0. The van der Waals surface area contributed by atoms with Crippen molar-refractivity contribution in [3.63, 3.8) is 0 Å². The number of hydrogen-bond acceptors (Lipinski definition) is 2. The van der Waals surface area contributed by atoms with Gasteiger partial charge in [0.2, 0.25) is 5.91 Å². The maximum absolute atomic E-state index is 10.6. The quantitative estimate of drug-likeness (QED) is 0.881. The van der Waals surface area contributed by atoms with Crippen molar-refractivity contribution in [1.29, 1.82) is 0 Å². The molecule has 0 aliphatic carbocycles. The van der Waals surface area contributed by atoms with Gasteiger partial charge in [0.25, 0.3) is 0 Å². The Morgan fingerprint density at radius 3 is 2.10 bits per heavy atom. The van der Waals surface area contributed by atoms with Crippen molar-refractivity contribution >= 4 is 5.91 Å². The second kappa shape index (κ2) is 7.46. The van der Waals surface area contributed by atoms with E-state index in [2.05, 4.69) is 32.0 Å². The van der Waals surface area contributed by atoms with E-state index in [9.17, 15) is 4.79 Å². The molecule has 3 heteroatoms. The number of aryl methyl sites for hydroxylation is 3. The molecule has 1 amide bonds. The normalized spacial score (nSPS) is 9.60. The maximum Gasteiger partial charge on any atom is 0.248 e. The van der Waals surface area contributed by atoms with Crippen molar-refractivity contribution < 1.29 is 4.79 Å². The zero-order valence-corrected chi connectivity index (χ0v) is 12.3. The van der Waals surface area contributed by atoms with Gasteiger partial charge in [0.1, 0.15) is 0 Å². The van der Waals surface area contributed by atoms with Crippen molar-refractivity contribution in [2.75, 3.05) is 0 Å². The van der Waals surface area contributed by atoms with Crippen molar-refractivity contribution in [3.8, 4) is 0 Å². The maximum atomic E-state index is 10.6. The molecule has 0 aliphatic heterocycles. The second-order valence-corrected chi connectivity index (χ2v) is 4.81. The van der Waals surface area contributed by atoms with Gasteiger partial charge in [-0.25, -0.2) is 0 Å². The van der Waals surface area contributed by atoms with Gasteiger partial charge in [0, 0.05) is 12.1 Å². The molecule has 3 nitrogen and oxygen atoms in total. The molecule has 0 aliphatic rings. The topological polar surface area (TPSA) is 69.1 Å². The van der Waals surface area contributed by atoms with E-state index in [1.54, 1.807) is 12.1 Å². The van der Waals surface area contributed by atoms with Gasteiger partial charge < -0.3 is 11.5 Å². The van der Waals surface area contributed by atoms with Gasteiger partial charge >= 0.3 is 0 Å². The minimum Gasteiger partial charge on any atom is -0.366 e. The highest BCUT2D eigenvalue weighted by Crippen LogP contribution is 2.08. The number of benzene rings is 2. The lowest BCUT2D eigenvalue weighted by Gasteiger charge is -2.02. The number of carbonyl (C=O) groups is 1. The third-order valence-corrected chi connectivity index (χ3v) is 3.14. The van der Waals surface area contributed by atoms with Gasteiger partial charge in [-0.3, -0.25) is 4.79 Å². The summed E-state index contributed by atoms with van der Waals surface area (Å²) in [6, 6.07) is 13.6. The lowest BCUT2D eigenvalue weighted by Crippen LogP contribution is -2.12. The molecule has 106 valence electrons. The molecule has 2 aromatic rings. The highest BCUT2D eigenvalue weighted by atomic mass is 16.1. The SMILES string of the molecule is Cc1ccc(C)c(CN)c1.Cc1ccccc1C(N)=O. The third-order valence-electron chi connectivity index (χ3n) is 3.14. The average Bonchev–Trinajstić information content (AvgIpc) is 2.42. The van der Waals surface area contributed by atoms with Crippen LogP contribution in [0.25, 0.3) is 0 Å². The fraction of sp³-hybridized carbons (Fsp3) is 0.235. The Kier molecular flexibility index (Phi) is 5.94. The van der Waals surface area contributed by atoms with E-state index in [1.165, 1.54) is 16.7 Å². The summed E-state index contributed by atoms with van der Waals surface area (Å²) in [7, 11) is 0. The molecule has 0 unspecified atom stereocenters. The number of hydrogen-bond donors (Lipinski definition) is 2. The Labute approximate surface area is 120 Å². The summed E-state index contributed by atoms with van der Waals surface area (Å²) in [6.45, 7) is 6.67. The highest BCUT2D eigenvalue weighted by molar-refractivity contribution is 5.94. The Balaban J connectivity index is 0.000000200. The summed E-state index contributed by atoms with van der Waals surface area (Å²) in [5.41, 5.74) is 15.9. The minimum atomic E-state index is -0.363. The highest BCUT2D eigenvalue weighted by Gasteiger charge is 2.00. The van der Waals surface area contributed by atoms with Crippen LogP contribution in [0.4, 0.5) is 0 Å². The molecular formula is C17H22N2O. The molecule has 4 N–H and O–H groups in total. The summed E-state index contributed by atoms with van der Waals surface area (Å²) in [5, 5.41) is 0. The third kappa shape index (κ3) is 4.52. The zero-order chi connectivity index (χ0) is 15.1. The molecule has 0 bridgehead atoms. The van der Waals surface area contributed by atoms with Crippen LogP contribution >= 0.6 is 0 Å². The van der Waals surface area contributed by atoms with Gasteiger partial charge in [-0.15, -0.1) is 0 Å². The number of nitrogens with two attached hydrogens (primary N) is 2. The van der Waals surface area contributed by atoms with Crippen LogP contribution in [-0.2, 0) is 6.54 Å². The standard InChI is InChI=1S/C9H13N.C8H9NO/c1-7-3-4-8(2)9(5-7)6-10;1-6-4-2-3-5-7(6)8(9)10/h3-5H,6,10H2,1-2H3;2-5H,1H3,(H2,9,10). The van der Waals surface area contributed by atoms with Crippen LogP contribution in [0.1, 0.15) is 32.6 Å². The molecule has 0 saturated carbocycles. The van der Waals surface area contributed by atoms with Crippen LogP contribution in [0.5, 0.6) is 0 Å². The van der Waals surface area contributed by atoms with Crippen molar-refractivity contribution in [1.82, 2.24) is 0 Å². The van der Waals surface area contributed by atoms with E-state index >= 15 is 0 Å². The molecule has 0 atom stereocenters. The Morgan fingerprint density at radius 1 is 1.00 bits per heavy atom. The average molecular weight is 270 g/mol. The Bertz CT molecular complexity index is 591. The second-order valence-electron chi connectivity index (χ2n) is 4.81. The fourth-order valence-electron chi connectivity index (χ4n) is 1.87. The number of primary amides is 1. The van der Waals surface area contributed by atoms with Crippen LogP contribution in [0.15, 0.2) is 42.5 Å². The van der Waals surface area contributed by atoms with Gasteiger partial charge in [-0.2, -0.15) is 0 Å². The monoisotopic (exact) mass is 270 g/mol. The minimum absolute atomic E-state index is 0.363. The molecule has 0 saturated heterocycles.